The first-order valence-corrected chi connectivity index (χ1v) is 7.90. The van der Waals surface area contributed by atoms with Crippen molar-refractivity contribution in [2.45, 2.75) is 19.9 Å². The molecular formula is C19H21N3O2. The molecule has 1 aromatic heterocycles. The van der Waals surface area contributed by atoms with Gasteiger partial charge in [-0.05, 0) is 50.3 Å². The average molecular weight is 323 g/mol. The van der Waals surface area contributed by atoms with Gasteiger partial charge in [-0.3, -0.25) is 4.79 Å². The number of benzene rings is 2. The van der Waals surface area contributed by atoms with E-state index in [1.807, 2.05) is 68.4 Å². The SMILES string of the molecule is Cc1ccccc1CC(=O)Nc1ccc2onc(CN(C)C)c2c1. The van der Waals surface area contributed by atoms with Gasteiger partial charge in [0.2, 0.25) is 5.91 Å². The molecule has 0 aliphatic rings. The van der Waals surface area contributed by atoms with Crippen molar-refractivity contribution < 1.29 is 9.32 Å². The summed E-state index contributed by atoms with van der Waals surface area (Å²) >= 11 is 0. The van der Waals surface area contributed by atoms with E-state index in [-0.39, 0.29) is 5.91 Å². The van der Waals surface area contributed by atoms with E-state index < -0.39 is 0 Å². The van der Waals surface area contributed by atoms with Crippen molar-refractivity contribution in [1.82, 2.24) is 10.1 Å². The van der Waals surface area contributed by atoms with Crippen LogP contribution in [0.3, 0.4) is 0 Å². The molecule has 0 unspecified atom stereocenters. The lowest BCUT2D eigenvalue weighted by Gasteiger charge is -2.08. The van der Waals surface area contributed by atoms with Crippen molar-refractivity contribution in [3.05, 3.63) is 59.3 Å². The number of carbonyl (C=O) groups excluding carboxylic acids is 1. The second-order valence-electron chi connectivity index (χ2n) is 6.23. The molecule has 0 atom stereocenters. The number of hydrogen-bond acceptors (Lipinski definition) is 4. The molecule has 0 saturated carbocycles. The predicted molar refractivity (Wildman–Crippen MR) is 94.9 cm³/mol. The fourth-order valence-corrected chi connectivity index (χ4v) is 2.67. The third kappa shape index (κ3) is 3.63. The number of carbonyl (C=O) groups is 1. The maximum absolute atomic E-state index is 12.3. The van der Waals surface area contributed by atoms with E-state index >= 15 is 0 Å². The van der Waals surface area contributed by atoms with Gasteiger partial charge in [-0.15, -0.1) is 0 Å². The summed E-state index contributed by atoms with van der Waals surface area (Å²) in [4.78, 5) is 14.3. The molecule has 0 bridgehead atoms. The van der Waals surface area contributed by atoms with Crippen LogP contribution < -0.4 is 5.32 Å². The Morgan fingerprint density at radius 3 is 2.75 bits per heavy atom. The van der Waals surface area contributed by atoms with Crippen LogP contribution in [0.25, 0.3) is 11.0 Å². The van der Waals surface area contributed by atoms with Gasteiger partial charge in [0.1, 0.15) is 5.69 Å². The van der Waals surface area contributed by atoms with Gasteiger partial charge >= 0.3 is 0 Å². The first-order valence-electron chi connectivity index (χ1n) is 7.90. The largest absolute Gasteiger partial charge is 0.356 e. The number of rotatable bonds is 5. The highest BCUT2D eigenvalue weighted by Crippen LogP contribution is 2.23. The number of anilines is 1. The van der Waals surface area contributed by atoms with E-state index in [9.17, 15) is 4.79 Å². The molecule has 0 spiro atoms. The van der Waals surface area contributed by atoms with E-state index in [0.29, 0.717) is 13.0 Å². The van der Waals surface area contributed by atoms with Gasteiger partial charge in [-0.2, -0.15) is 0 Å². The Balaban J connectivity index is 1.77. The Morgan fingerprint density at radius 1 is 1.21 bits per heavy atom. The van der Waals surface area contributed by atoms with Gasteiger partial charge < -0.3 is 14.7 Å². The van der Waals surface area contributed by atoms with Crippen LogP contribution in [0.2, 0.25) is 0 Å². The van der Waals surface area contributed by atoms with Crippen LogP contribution in [0.1, 0.15) is 16.8 Å². The molecule has 0 aliphatic heterocycles. The summed E-state index contributed by atoms with van der Waals surface area (Å²) in [5, 5.41) is 7.99. The quantitative estimate of drug-likeness (QED) is 0.782. The van der Waals surface area contributed by atoms with Crippen LogP contribution in [-0.2, 0) is 17.8 Å². The summed E-state index contributed by atoms with van der Waals surface area (Å²) in [6.45, 7) is 2.70. The van der Waals surface area contributed by atoms with E-state index in [4.69, 9.17) is 4.52 Å². The van der Waals surface area contributed by atoms with Gasteiger partial charge in [0.25, 0.3) is 0 Å². The molecule has 1 N–H and O–H groups in total. The van der Waals surface area contributed by atoms with Gasteiger partial charge in [0.05, 0.1) is 6.42 Å². The number of aromatic nitrogens is 1. The van der Waals surface area contributed by atoms with Gasteiger partial charge in [-0.1, -0.05) is 29.4 Å². The number of hydrogen-bond donors (Lipinski definition) is 1. The molecule has 1 amide bonds. The molecule has 24 heavy (non-hydrogen) atoms. The highest BCUT2D eigenvalue weighted by molar-refractivity contribution is 5.95. The Kier molecular flexibility index (Phi) is 4.62. The summed E-state index contributed by atoms with van der Waals surface area (Å²) in [5.74, 6) is -0.0331. The summed E-state index contributed by atoms with van der Waals surface area (Å²) in [5.41, 5.74) is 4.50. The Labute approximate surface area is 141 Å². The van der Waals surface area contributed by atoms with Crippen LogP contribution in [0.4, 0.5) is 5.69 Å². The summed E-state index contributed by atoms with van der Waals surface area (Å²) in [7, 11) is 3.96. The summed E-state index contributed by atoms with van der Waals surface area (Å²) in [6, 6.07) is 13.5. The molecule has 5 heteroatoms. The Hall–Kier alpha value is -2.66. The molecule has 0 radical (unpaired) electrons. The molecule has 1 heterocycles. The lowest BCUT2D eigenvalue weighted by atomic mass is 10.1. The lowest BCUT2D eigenvalue weighted by Crippen LogP contribution is -2.15. The zero-order chi connectivity index (χ0) is 17.1. The molecule has 3 rings (SSSR count). The fraction of sp³-hybridized carbons (Fsp3) is 0.263. The minimum atomic E-state index is -0.0331. The molecular weight excluding hydrogens is 302 g/mol. The maximum Gasteiger partial charge on any atom is 0.228 e. The molecule has 3 aromatic rings. The predicted octanol–water partition coefficient (Wildman–Crippen LogP) is 3.38. The van der Waals surface area contributed by atoms with Gasteiger partial charge in [-0.25, -0.2) is 0 Å². The first kappa shape index (κ1) is 16.2. The smallest absolute Gasteiger partial charge is 0.228 e. The van der Waals surface area contributed by atoms with Crippen LogP contribution in [0.5, 0.6) is 0 Å². The number of fused-ring (bicyclic) bond motifs is 1. The standard InChI is InChI=1S/C19H21N3O2/c1-13-6-4-5-7-14(13)10-19(23)20-15-8-9-18-16(11-15)17(21-24-18)12-22(2)3/h4-9,11H,10,12H2,1-3H3,(H,20,23). The van der Waals surface area contributed by atoms with Gasteiger partial charge in [0, 0.05) is 17.6 Å². The third-order valence-corrected chi connectivity index (χ3v) is 3.91. The van der Waals surface area contributed by atoms with E-state index in [0.717, 1.165) is 33.5 Å². The zero-order valence-corrected chi connectivity index (χ0v) is 14.2. The van der Waals surface area contributed by atoms with E-state index in [1.54, 1.807) is 0 Å². The minimum Gasteiger partial charge on any atom is -0.356 e. The van der Waals surface area contributed by atoms with Crippen molar-refractivity contribution in [2.75, 3.05) is 19.4 Å². The maximum atomic E-state index is 12.3. The monoisotopic (exact) mass is 323 g/mol. The van der Waals surface area contributed by atoms with Gasteiger partial charge in [0.15, 0.2) is 5.58 Å². The number of aryl methyl sites for hydroxylation is 1. The molecule has 2 aromatic carbocycles. The second-order valence-corrected chi connectivity index (χ2v) is 6.23. The van der Waals surface area contributed by atoms with Crippen molar-refractivity contribution >= 4 is 22.6 Å². The summed E-state index contributed by atoms with van der Waals surface area (Å²) in [6.07, 6.45) is 0.360. The zero-order valence-electron chi connectivity index (χ0n) is 14.2. The average Bonchev–Trinajstić information content (AvgIpc) is 2.91. The fourth-order valence-electron chi connectivity index (χ4n) is 2.67. The van der Waals surface area contributed by atoms with Crippen molar-refractivity contribution in [3.63, 3.8) is 0 Å². The van der Waals surface area contributed by atoms with Crippen molar-refractivity contribution in [1.29, 1.82) is 0 Å². The number of nitrogens with one attached hydrogen (secondary N) is 1. The normalized spacial score (nSPS) is 11.2. The molecule has 124 valence electrons. The van der Waals surface area contributed by atoms with Crippen LogP contribution in [0.15, 0.2) is 47.0 Å². The minimum absolute atomic E-state index is 0.0331. The number of nitrogens with zero attached hydrogens (tertiary/aromatic N) is 2. The Morgan fingerprint density at radius 2 is 2.00 bits per heavy atom. The summed E-state index contributed by atoms with van der Waals surface area (Å²) < 4.78 is 5.33. The van der Waals surface area contributed by atoms with Crippen LogP contribution >= 0.6 is 0 Å². The van der Waals surface area contributed by atoms with E-state index in [2.05, 4.69) is 10.5 Å². The lowest BCUT2D eigenvalue weighted by molar-refractivity contribution is -0.115. The molecule has 5 nitrogen and oxygen atoms in total. The molecule has 0 fully saturated rings. The molecule has 0 saturated heterocycles. The van der Waals surface area contributed by atoms with Crippen molar-refractivity contribution in [2.24, 2.45) is 0 Å². The second kappa shape index (κ2) is 6.84. The third-order valence-electron chi connectivity index (χ3n) is 3.91. The first-order chi connectivity index (χ1) is 11.5. The van der Waals surface area contributed by atoms with Crippen LogP contribution in [0, 0.1) is 6.92 Å². The van der Waals surface area contributed by atoms with Crippen LogP contribution in [-0.4, -0.2) is 30.1 Å². The highest BCUT2D eigenvalue weighted by Gasteiger charge is 2.11. The van der Waals surface area contributed by atoms with E-state index in [1.165, 1.54) is 0 Å². The number of amides is 1. The van der Waals surface area contributed by atoms with Crippen molar-refractivity contribution in [3.8, 4) is 0 Å². The molecule has 0 aliphatic carbocycles. The highest BCUT2D eigenvalue weighted by atomic mass is 16.5. The Bertz CT molecular complexity index is 868. The topological polar surface area (TPSA) is 58.4 Å².